The van der Waals surface area contributed by atoms with E-state index in [0.717, 1.165) is 39.8 Å². The van der Waals surface area contributed by atoms with Gasteiger partial charge in [0.2, 0.25) is 0 Å². The lowest BCUT2D eigenvalue weighted by molar-refractivity contribution is 0.302. The van der Waals surface area contributed by atoms with Crippen LogP contribution in [0.4, 0.5) is 0 Å². The Morgan fingerprint density at radius 3 is 2.15 bits per heavy atom. The molecule has 0 unspecified atom stereocenters. The molecule has 0 amide bonds. The van der Waals surface area contributed by atoms with Gasteiger partial charge in [0.25, 0.3) is 0 Å². The van der Waals surface area contributed by atoms with Crippen LogP contribution in [0.3, 0.4) is 0 Å². The lowest BCUT2D eigenvalue weighted by Crippen LogP contribution is -2.14. The third kappa shape index (κ3) is 5.01. The molecule has 3 aromatic rings. The summed E-state index contributed by atoms with van der Waals surface area (Å²) in [6.07, 6.45) is 0. The lowest BCUT2D eigenvalue weighted by Gasteiger charge is -2.13. The first-order valence-electron chi connectivity index (χ1n) is 8.54. The van der Waals surface area contributed by atoms with Crippen molar-refractivity contribution in [2.75, 3.05) is 7.11 Å². The van der Waals surface area contributed by atoms with Crippen LogP contribution in [0.25, 0.3) is 0 Å². The lowest BCUT2D eigenvalue weighted by atomic mass is 10.1. The molecule has 3 nitrogen and oxygen atoms in total. The van der Waals surface area contributed by atoms with E-state index in [1.807, 2.05) is 60.7 Å². The first-order chi connectivity index (χ1) is 12.8. The predicted octanol–water partition coefficient (Wildman–Crippen LogP) is 5.22. The second-order valence-corrected chi connectivity index (χ2v) is 6.38. The molecule has 0 bridgehead atoms. The van der Waals surface area contributed by atoms with E-state index in [-0.39, 0.29) is 0 Å². The fourth-order valence-electron chi connectivity index (χ4n) is 2.76. The Hall–Kier alpha value is -2.49. The van der Waals surface area contributed by atoms with Crippen LogP contribution in [0.15, 0.2) is 72.8 Å². The van der Waals surface area contributed by atoms with Crippen molar-refractivity contribution in [1.29, 1.82) is 0 Å². The molecular formula is C22H22ClNO2. The van der Waals surface area contributed by atoms with Gasteiger partial charge in [-0.1, -0.05) is 60.1 Å². The van der Waals surface area contributed by atoms with E-state index in [1.54, 1.807) is 7.11 Å². The van der Waals surface area contributed by atoms with Crippen LogP contribution in [0, 0.1) is 0 Å². The van der Waals surface area contributed by atoms with Crippen LogP contribution in [-0.4, -0.2) is 7.11 Å². The zero-order valence-electron chi connectivity index (χ0n) is 14.7. The highest BCUT2D eigenvalue weighted by Crippen LogP contribution is 2.21. The van der Waals surface area contributed by atoms with Crippen LogP contribution in [0.2, 0.25) is 5.02 Å². The molecule has 0 saturated heterocycles. The highest BCUT2D eigenvalue weighted by molar-refractivity contribution is 6.30. The highest BCUT2D eigenvalue weighted by atomic mass is 35.5. The Morgan fingerprint density at radius 2 is 1.46 bits per heavy atom. The summed E-state index contributed by atoms with van der Waals surface area (Å²) >= 11 is 6.03. The summed E-state index contributed by atoms with van der Waals surface area (Å²) in [5.41, 5.74) is 3.30. The van der Waals surface area contributed by atoms with E-state index in [9.17, 15) is 0 Å². The summed E-state index contributed by atoms with van der Waals surface area (Å²) in [7, 11) is 1.69. The Bertz CT molecular complexity index is 851. The number of hydrogen-bond donors (Lipinski definition) is 1. The minimum Gasteiger partial charge on any atom is -0.496 e. The molecule has 26 heavy (non-hydrogen) atoms. The first-order valence-corrected chi connectivity index (χ1v) is 8.92. The molecule has 0 radical (unpaired) electrons. The fraction of sp³-hybridized carbons (Fsp3) is 0.182. The van der Waals surface area contributed by atoms with E-state index in [1.165, 1.54) is 0 Å². The average Bonchev–Trinajstić information content (AvgIpc) is 2.67. The Kier molecular flexibility index (Phi) is 6.53. The number of benzene rings is 3. The van der Waals surface area contributed by atoms with Crippen molar-refractivity contribution < 1.29 is 9.47 Å². The maximum absolute atomic E-state index is 6.03. The second-order valence-electron chi connectivity index (χ2n) is 5.94. The minimum atomic E-state index is 0.490. The van der Waals surface area contributed by atoms with Gasteiger partial charge in [0.15, 0.2) is 0 Å². The third-order valence-electron chi connectivity index (χ3n) is 4.08. The second kappa shape index (κ2) is 9.27. The van der Waals surface area contributed by atoms with Crippen molar-refractivity contribution in [3.8, 4) is 11.5 Å². The number of hydrogen-bond acceptors (Lipinski definition) is 3. The normalized spacial score (nSPS) is 10.5. The summed E-state index contributed by atoms with van der Waals surface area (Å²) in [6.45, 7) is 1.93. The molecule has 0 heterocycles. The van der Waals surface area contributed by atoms with Crippen molar-refractivity contribution in [3.63, 3.8) is 0 Å². The predicted molar refractivity (Wildman–Crippen MR) is 106 cm³/mol. The maximum atomic E-state index is 6.03. The molecule has 0 saturated carbocycles. The van der Waals surface area contributed by atoms with E-state index >= 15 is 0 Å². The molecule has 0 aromatic heterocycles. The van der Waals surface area contributed by atoms with Gasteiger partial charge in [0.1, 0.15) is 18.1 Å². The summed E-state index contributed by atoms with van der Waals surface area (Å²) in [5, 5.41) is 4.18. The molecule has 4 heteroatoms. The number of para-hydroxylation sites is 2. The van der Waals surface area contributed by atoms with E-state index in [0.29, 0.717) is 13.2 Å². The zero-order chi connectivity index (χ0) is 18.2. The number of halogens is 1. The van der Waals surface area contributed by atoms with Crippen molar-refractivity contribution in [2.45, 2.75) is 19.7 Å². The first kappa shape index (κ1) is 18.3. The Balaban J connectivity index is 1.60. The van der Waals surface area contributed by atoms with Crippen molar-refractivity contribution >= 4 is 11.6 Å². The van der Waals surface area contributed by atoms with E-state index < -0.39 is 0 Å². The van der Waals surface area contributed by atoms with Gasteiger partial charge < -0.3 is 14.8 Å². The van der Waals surface area contributed by atoms with Crippen molar-refractivity contribution in [3.05, 3.63) is 94.5 Å². The summed E-state index contributed by atoms with van der Waals surface area (Å²) in [4.78, 5) is 0. The topological polar surface area (TPSA) is 30.5 Å². The van der Waals surface area contributed by atoms with Crippen molar-refractivity contribution in [1.82, 2.24) is 5.32 Å². The van der Waals surface area contributed by atoms with Gasteiger partial charge in [-0.3, -0.25) is 0 Å². The van der Waals surface area contributed by atoms with Crippen LogP contribution in [-0.2, 0) is 19.7 Å². The molecule has 0 aliphatic carbocycles. The standard InChI is InChI=1S/C22H22ClNO2/c1-25-21-11-4-2-8-18(21)14-24-15-19-9-3-5-12-22(19)26-16-17-7-6-10-20(23)13-17/h2-13,24H,14-16H2,1H3. The number of nitrogens with one attached hydrogen (secondary N) is 1. The summed E-state index contributed by atoms with van der Waals surface area (Å²) < 4.78 is 11.4. The molecular weight excluding hydrogens is 346 g/mol. The number of methoxy groups -OCH3 is 1. The molecule has 134 valence electrons. The average molecular weight is 368 g/mol. The Labute approximate surface area is 159 Å². The van der Waals surface area contributed by atoms with Gasteiger partial charge >= 0.3 is 0 Å². The summed E-state index contributed by atoms with van der Waals surface area (Å²) in [6, 6.07) is 23.8. The van der Waals surface area contributed by atoms with Gasteiger partial charge in [-0.25, -0.2) is 0 Å². The third-order valence-corrected chi connectivity index (χ3v) is 4.31. The molecule has 3 rings (SSSR count). The van der Waals surface area contributed by atoms with Gasteiger partial charge in [0.05, 0.1) is 7.11 Å². The molecule has 0 fully saturated rings. The molecule has 0 atom stereocenters. The molecule has 3 aromatic carbocycles. The monoisotopic (exact) mass is 367 g/mol. The quantitative estimate of drug-likeness (QED) is 0.592. The highest BCUT2D eigenvalue weighted by Gasteiger charge is 2.05. The molecule has 0 aliphatic rings. The SMILES string of the molecule is COc1ccccc1CNCc1ccccc1OCc1cccc(Cl)c1. The summed E-state index contributed by atoms with van der Waals surface area (Å²) in [5.74, 6) is 1.77. The van der Waals surface area contributed by atoms with E-state index in [4.69, 9.17) is 21.1 Å². The number of ether oxygens (including phenoxy) is 2. The van der Waals surface area contributed by atoms with Crippen LogP contribution in [0.1, 0.15) is 16.7 Å². The molecule has 0 aliphatic heterocycles. The van der Waals surface area contributed by atoms with Gasteiger partial charge in [0, 0.05) is 29.2 Å². The van der Waals surface area contributed by atoms with Crippen molar-refractivity contribution in [2.24, 2.45) is 0 Å². The van der Waals surface area contributed by atoms with Crippen LogP contribution >= 0.6 is 11.6 Å². The van der Waals surface area contributed by atoms with Gasteiger partial charge in [-0.2, -0.15) is 0 Å². The largest absolute Gasteiger partial charge is 0.496 e. The molecule has 1 N–H and O–H groups in total. The maximum Gasteiger partial charge on any atom is 0.124 e. The van der Waals surface area contributed by atoms with Crippen LogP contribution < -0.4 is 14.8 Å². The number of rotatable bonds is 8. The minimum absolute atomic E-state index is 0.490. The Morgan fingerprint density at radius 1 is 0.808 bits per heavy atom. The molecule has 0 spiro atoms. The smallest absolute Gasteiger partial charge is 0.124 e. The van der Waals surface area contributed by atoms with Gasteiger partial charge in [-0.15, -0.1) is 0 Å². The fourth-order valence-corrected chi connectivity index (χ4v) is 2.97. The van der Waals surface area contributed by atoms with Gasteiger partial charge in [-0.05, 0) is 29.8 Å². The van der Waals surface area contributed by atoms with E-state index in [2.05, 4.69) is 17.4 Å². The van der Waals surface area contributed by atoms with Crippen LogP contribution in [0.5, 0.6) is 11.5 Å². The zero-order valence-corrected chi connectivity index (χ0v) is 15.5.